The minimum absolute atomic E-state index is 0.0262. The van der Waals surface area contributed by atoms with Crippen molar-refractivity contribution in [2.45, 2.75) is 26.0 Å². The summed E-state index contributed by atoms with van der Waals surface area (Å²) in [5.41, 5.74) is 1.92. The molecule has 0 saturated carbocycles. The number of aliphatic hydroxyl groups is 1. The van der Waals surface area contributed by atoms with Crippen molar-refractivity contribution in [3.8, 4) is 11.5 Å². The van der Waals surface area contributed by atoms with E-state index >= 15 is 0 Å². The van der Waals surface area contributed by atoms with Crippen molar-refractivity contribution in [2.24, 2.45) is 0 Å². The molecular weight excluding hydrogens is 250 g/mol. The van der Waals surface area contributed by atoms with Gasteiger partial charge < -0.3 is 15.2 Å². The molecule has 0 aromatic heterocycles. The minimum atomic E-state index is -0.0262. The first-order valence-corrected chi connectivity index (χ1v) is 6.93. The fourth-order valence-electron chi connectivity index (χ4n) is 2.29. The van der Waals surface area contributed by atoms with E-state index in [0.717, 1.165) is 23.3 Å². The number of aliphatic hydroxyl groups excluding tert-OH is 1. The quantitative estimate of drug-likeness (QED) is 0.842. The second kappa shape index (κ2) is 7.08. The van der Waals surface area contributed by atoms with Gasteiger partial charge in [-0.25, -0.2) is 0 Å². The highest BCUT2D eigenvalue weighted by atomic mass is 16.5. The monoisotopic (exact) mass is 271 g/mol. The topological polar surface area (TPSA) is 41.5 Å². The molecule has 2 aromatic carbocycles. The maximum atomic E-state index is 9.37. The van der Waals surface area contributed by atoms with Crippen molar-refractivity contribution in [3.05, 3.63) is 59.7 Å². The Balaban J connectivity index is 2.34. The number of nitrogens with one attached hydrogen (secondary N) is 1. The van der Waals surface area contributed by atoms with Gasteiger partial charge in [0.25, 0.3) is 0 Å². The average Bonchev–Trinajstić information content (AvgIpc) is 2.50. The molecule has 0 heterocycles. The molecule has 0 amide bonds. The van der Waals surface area contributed by atoms with Gasteiger partial charge in [0.2, 0.25) is 0 Å². The van der Waals surface area contributed by atoms with E-state index in [-0.39, 0.29) is 12.6 Å². The second-order valence-corrected chi connectivity index (χ2v) is 4.66. The summed E-state index contributed by atoms with van der Waals surface area (Å²) in [5, 5.41) is 12.7. The lowest BCUT2D eigenvalue weighted by Gasteiger charge is -2.19. The van der Waals surface area contributed by atoms with Gasteiger partial charge in [-0.1, -0.05) is 43.3 Å². The first kappa shape index (κ1) is 14.6. The lowest BCUT2D eigenvalue weighted by atomic mass is 10.0. The molecule has 0 radical (unpaired) electrons. The van der Waals surface area contributed by atoms with Gasteiger partial charge in [-0.05, 0) is 25.6 Å². The number of hydrogen-bond acceptors (Lipinski definition) is 3. The molecule has 2 N–H and O–H groups in total. The Hall–Kier alpha value is -1.84. The third kappa shape index (κ3) is 3.18. The summed E-state index contributed by atoms with van der Waals surface area (Å²) in [6.45, 7) is 2.11. The van der Waals surface area contributed by atoms with E-state index < -0.39 is 0 Å². The van der Waals surface area contributed by atoms with E-state index in [1.54, 1.807) is 0 Å². The molecule has 2 aromatic rings. The van der Waals surface area contributed by atoms with Gasteiger partial charge in [-0.3, -0.25) is 0 Å². The van der Waals surface area contributed by atoms with Gasteiger partial charge in [0.1, 0.15) is 11.5 Å². The van der Waals surface area contributed by atoms with E-state index in [2.05, 4.69) is 18.3 Å². The van der Waals surface area contributed by atoms with E-state index in [9.17, 15) is 5.11 Å². The van der Waals surface area contributed by atoms with E-state index in [0.29, 0.717) is 5.75 Å². The Morgan fingerprint density at radius 1 is 1.05 bits per heavy atom. The van der Waals surface area contributed by atoms with Crippen LogP contribution in [-0.2, 0) is 6.61 Å². The van der Waals surface area contributed by atoms with Crippen molar-refractivity contribution in [1.29, 1.82) is 0 Å². The van der Waals surface area contributed by atoms with Crippen LogP contribution in [-0.4, -0.2) is 12.2 Å². The summed E-state index contributed by atoms with van der Waals surface area (Å²) >= 11 is 0. The summed E-state index contributed by atoms with van der Waals surface area (Å²) in [7, 11) is 1.95. The molecule has 20 heavy (non-hydrogen) atoms. The zero-order chi connectivity index (χ0) is 14.4. The molecule has 0 bridgehead atoms. The maximum absolute atomic E-state index is 9.37. The van der Waals surface area contributed by atoms with Crippen LogP contribution in [0, 0.1) is 0 Å². The lowest BCUT2D eigenvalue weighted by molar-refractivity contribution is 0.276. The van der Waals surface area contributed by atoms with Crippen molar-refractivity contribution in [2.75, 3.05) is 7.05 Å². The summed E-state index contributed by atoms with van der Waals surface area (Å²) in [6, 6.07) is 15.8. The molecule has 0 aliphatic heterocycles. The predicted octanol–water partition coefficient (Wildman–Crippen LogP) is 3.64. The van der Waals surface area contributed by atoms with Crippen LogP contribution in [0.15, 0.2) is 48.5 Å². The molecule has 1 unspecified atom stereocenters. The fourth-order valence-corrected chi connectivity index (χ4v) is 2.29. The maximum Gasteiger partial charge on any atom is 0.132 e. The molecular formula is C17H21NO2. The second-order valence-electron chi connectivity index (χ2n) is 4.66. The van der Waals surface area contributed by atoms with Crippen molar-refractivity contribution in [1.82, 2.24) is 5.32 Å². The minimum Gasteiger partial charge on any atom is -0.457 e. The Morgan fingerprint density at radius 2 is 1.70 bits per heavy atom. The predicted molar refractivity (Wildman–Crippen MR) is 81.0 cm³/mol. The first-order valence-electron chi connectivity index (χ1n) is 6.93. The Bertz CT molecular complexity index is 550. The summed E-state index contributed by atoms with van der Waals surface area (Å²) < 4.78 is 6.02. The number of hydrogen-bond donors (Lipinski definition) is 2. The van der Waals surface area contributed by atoms with Crippen LogP contribution in [0.3, 0.4) is 0 Å². The number of rotatable bonds is 6. The SMILES string of the molecule is CCC(NC)c1ccccc1Oc1ccccc1CO. The molecule has 0 spiro atoms. The lowest BCUT2D eigenvalue weighted by Crippen LogP contribution is -2.15. The highest BCUT2D eigenvalue weighted by Gasteiger charge is 2.13. The highest BCUT2D eigenvalue weighted by molar-refractivity contribution is 5.42. The van der Waals surface area contributed by atoms with Crippen molar-refractivity contribution in [3.63, 3.8) is 0 Å². The van der Waals surface area contributed by atoms with Crippen LogP contribution in [0.2, 0.25) is 0 Å². The zero-order valence-corrected chi connectivity index (χ0v) is 12.0. The molecule has 106 valence electrons. The van der Waals surface area contributed by atoms with E-state index in [1.165, 1.54) is 0 Å². The summed E-state index contributed by atoms with van der Waals surface area (Å²) in [6.07, 6.45) is 0.985. The molecule has 0 saturated heterocycles. The van der Waals surface area contributed by atoms with E-state index in [4.69, 9.17) is 4.74 Å². The van der Waals surface area contributed by atoms with Crippen LogP contribution in [0.4, 0.5) is 0 Å². The van der Waals surface area contributed by atoms with E-state index in [1.807, 2.05) is 49.5 Å². The molecule has 0 aliphatic rings. The zero-order valence-electron chi connectivity index (χ0n) is 12.0. The number of ether oxygens (including phenoxy) is 1. The molecule has 3 nitrogen and oxygen atoms in total. The summed E-state index contributed by atoms with van der Waals surface area (Å²) in [5.74, 6) is 1.53. The largest absolute Gasteiger partial charge is 0.457 e. The first-order chi connectivity index (χ1) is 9.80. The normalized spacial score (nSPS) is 12.2. The molecule has 0 fully saturated rings. The highest BCUT2D eigenvalue weighted by Crippen LogP contribution is 2.32. The number of para-hydroxylation sites is 2. The third-order valence-corrected chi connectivity index (χ3v) is 3.41. The number of benzene rings is 2. The van der Waals surface area contributed by atoms with Gasteiger partial charge in [0.05, 0.1) is 6.61 Å². The van der Waals surface area contributed by atoms with Crippen molar-refractivity contribution >= 4 is 0 Å². The van der Waals surface area contributed by atoms with Crippen LogP contribution >= 0.6 is 0 Å². The van der Waals surface area contributed by atoms with Crippen LogP contribution in [0.5, 0.6) is 11.5 Å². The van der Waals surface area contributed by atoms with Gasteiger partial charge in [0.15, 0.2) is 0 Å². The summed E-state index contributed by atoms with van der Waals surface area (Å²) in [4.78, 5) is 0. The fraction of sp³-hybridized carbons (Fsp3) is 0.294. The van der Waals surface area contributed by atoms with Gasteiger partial charge >= 0.3 is 0 Å². The Labute approximate surface area is 120 Å². The Kier molecular flexibility index (Phi) is 5.16. The molecule has 2 rings (SSSR count). The molecule has 3 heteroatoms. The van der Waals surface area contributed by atoms with Gasteiger partial charge in [-0.2, -0.15) is 0 Å². The van der Waals surface area contributed by atoms with Crippen LogP contribution < -0.4 is 10.1 Å². The van der Waals surface area contributed by atoms with Crippen molar-refractivity contribution < 1.29 is 9.84 Å². The molecule has 0 aliphatic carbocycles. The standard InChI is InChI=1S/C17H21NO2/c1-3-15(18-2)14-9-5-7-11-17(14)20-16-10-6-4-8-13(16)12-19/h4-11,15,18-19H,3,12H2,1-2H3. The van der Waals surface area contributed by atoms with Gasteiger partial charge in [0, 0.05) is 17.2 Å². The Morgan fingerprint density at radius 3 is 2.35 bits per heavy atom. The average molecular weight is 271 g/mol. The van der Waals surface area contributed by atoms with Gasteiger partial charge in [-0.15, -0.1) is 0 Å². The van der Waals surface area contributed by atoms with Crippen LogP contribution in [0.25, 0.3) is 0 Å². The third-order valence-electron chi connectivity index (χ3n) is 3.41. The molecule has 1 atom stereocenters. The smallest absolute Gasteiger partial charge is 0.132 e. The van der Waals surface area contributed by atoms with Crippen LogP contribution in [0.1, 0.15) is 30.5 Å².